The molecule has 0 aliphatic rings. The van der Waals surface area contributed by atoms with Crippen molar-refractivity contribution >= 4 is 17.7 Å². The summed E-state index contributed by atoms with van der Waals surface area (Å²) < 4.78 is 20.7. The van der Waals surface area contributed by atoms with Gasteiger partial charge in [-0.15, -0.1) is 0 Å². The van der Waals surface area contributed by atoms with Crippen LogP contribution >= 0.6 is 0 Å². The van der Waals surface area contributed by atoms with Crippen molar-refractivity contribution in [2.24, 2.45) is 0 Å². The summed E-state index contributed by atoms with van der Waals surface area (Å²) >= 11 is 0. The highest BCUT2D eigenvalue weighted by atomic mass is 16.6. The molecule has 0 aromatic heterocycles. The molecule has 0 fully saturated rings. The van der Waals surface area contributed by atoms with Crippen LogP contribution in [0.3, 0.4) is 0 Å². The summed E-state index contributed by atoms with van der Waals surface area (Å²) in [5.74, 6) is -1.66. The minimum absolute atomic E-state index is 0.0672. The van der Waals surface area contributed by atoms with E-state index < -0.39 is 24.1 Å². The Morgan fingerprint density at radius 3 is 2.14 bits per heavy atom. The van der Waals surface area contributed by atoms with E-state index in [1.54, 1.807) is 13.8 Å². The van der Waals surface area contributed by atoms with E-state index in [0.29, 0.717) is 12.1 Å². The van der Waals surface area contributed by atoms with Gasteiger partial charge in [0, 0.05) is 24.6 Å². The number of ether oxygens (including phenoxy) is 4. The summed E-state index contributed by atoms with van der Waals surface area (Å²) in [6.45, 7) is 5.56. The third-order valence-electron chi connectivity index (χ3n) is 5.16. The molecule has 0 aliphatic heterocycles. The number of benzene rings is 2. The van der Waals surface area contributed by atoms with Gasteiger partial charge in [-0.25, -0.2) is 9.59 Å². The minimum Gasteiger partial charge on any atom is -0.493 e. The maximum Gasteiger partial charge on any atom is 0.359 e. The van der Waals surface area contributed by atoms with E-state index in [0.717, 1.165) is 5.56 Å². The van der Waals surface area contributed by atoms with Crippen molar-refractivity contribution in [3.63, 3.8) is 0 Å². The lowest BCUT2D eigenvalue weighted by Gasteiger charge is -2.20. The largest absolute Gasteiger partial charge is 0.493 e. The standard InChI is InChI=1S/C26H33NO8/c1-5-33-25(30)24(26(31)34-6-2)35-21-13-12-19(16-22(21)32-4)20(28)14-15-27-17(3)23(29)18-10-8-7-9-11-18/h7-13,16-17,23-24,27,29H,5-6,14-15H2,1-4H3. The highest BCUT2D eigenvalue weighted by molar-refractivity contribution is 5.99. The van der Waals surface area contributed by atoms with Gasteiger partial charge in [-0.2, -0.15) is 0 Å². The summed E-state index contributed by atoms with van der Waals surface area (Å²) in [5.41, 5.74) is 1.17. The van der Waals surface area contributed by atoms with E-state index in [1.165, 1.54) is 25.3 Å². The number of ketones is 1. The van der Waals surface area contributed by atoms with Crippen LogP contribution < -0.4 is 14.8 Å². The van der Waals surface area contributed by atoms with Gasteiger partial charge in [0.1, 0.15) is 0 Å². The smallest absolute Gasteiger partial charge is 0.359 e. The van der Waals surface area contributed by atoms with Gasteiger partial charge < -0.3 is 29.4 Å². The first-order valence-electron chi connectivity index (χ1n) is 11.5. The van der Waals surface area contributed by atoms with Gasteiger partial charge in [0.15, 0.2) is 17.3 Å². The molecule has 0 bridgehead atoms. The van der Waals surface area contributed by atoms with Crippen molar-refractivity contribution in [1.29, 1.82) is 0 Å². The van der Waals surface area contributed by atoms with Crippen LogP contribution in [0.5, 0.6) is 11.5 Å². The summed E-state index contributed by atoms with van der Waals surface area (Å²) in [5, 5.41) is 13.6. The third-order valence-corrected chi connectivity index (χ3v) is 5.16. The number of carbonyl (C=O) groups excluding carboxylic acids is 3. The lowest BCUT2D eigenvalue weighted by atomic mass is 10.0. The highest BCUT2D eigenvalue weighted by Gasteiger charge is 2.33. The van der Waals surface area contributed by atoms with Crippen molar-refractivity contribution in [2.45, 2.75) is 45.4 Å². The van der Waals surface area contributed by atoms with Gasteiger partial charge in [-0.3, -0.25) is 4.79 Å². The SMILES string of the molecule is CCOC(=O)C(Oc1ccc(C(=O)CCNC(C)C(O)c2ccccc2)cc1OC)C(=O)OCC. The summed E-state index contributed by atoms with van der Waals surface area (Å²) in [7, 11) is 1.38. The molecule has 0 spiro atoms. The van der Waals surface area contributed by atoms with Crippen LogP contribution in [-0.2, 0) is 19.1 Å². The monoisotopic (exact) mass is 487 g/mol. The number of hydrogen-bond acceptors (Lipinski definition) is 9. The number of carbonyl (C=O) groups is 3. The number of hydrogen-bond donors (Lipinski definition) is 2. The lowest BCUT2D eigenvalue weighted by molar-refractivity contribution is -0.166. The maximum atomic E-state index is 12.7. The zero-order valence-corrected chi connectivity index (χ0v) is 20.5. The number of esters is 2. The maximum absolute atomic E-state index is 12.7. The van der Waals surface area contributed by atoms with Gasteiger partial charge in [-0.05, 0) is 44.5 Å². The van der Waals surface area contributed by atoms with Crippen molar-refractivity contribution in [3.05, 3.63) is 59.7 Å². The molecule has 2 N–H and O–H groups in total. The van der Waals surface area contributed by atoms with E-state index in [2.05, 4.69) is 5.32 Å². The summed E-state index contributed by atoms with van der Waals surface area (Å²) in [4.78, 5) is 37.1. The van der Waals surface area contributed by atoms with Gasteiger partial charge in [0.25, 0.3) is 6.10 Å². The fourth-order valence-electron chi connectivity index (χ4n) is 3.30. The van der Waals surface area contributed by atoms with Gasteiger partial charge in [0.05, 0.1) is 26.4 Å². The molecule has 2 atom stereocenters. The van der Waals surface area contributed by atoms with E-state index in [9.17, 15) is 19.5 Å². The Labute approximate surface area is 205 Å². The molecular weight excluding hydrogens is 454 g/mol. The van der Waals surface area contributed by atoms with Crippen molar-refractivity contribution in [3.8, 4) is 11.5 Å². The number of methoxy groups -OCH3 is 1. The molecule has 9 heteroatoms. The fourth-order valence-corrected chi connectivity index (χ4v) is 3.30. The lowest BCUT2D eigenvalue weighted by Crippen LogP contribution is -2.38. The first-order chi connectivity index (χ1) is 16.8. The van der Waals surface area contributed by atoms with Crippen LogP contribution in [0.25, 0.3) is 0 Å². The zero-order valence-electron chi connectivity index (χ0n) is 20.5. The first kappa shape index (κ1) is 27.8. The molecule has 2 unspecified atom stereocenters. The number of aliphatic hydroxyl groups excluding tert-OH is 1. The minimum atomic E-state index is -1.62. The highest BCUT2D eigenvalue weighted by Crippen LogP contribution is 2.30. The molecule has 9 nitrogen and oxygen atoms in total. The fraction of sp³-hybridized carbons (Fsp3) is 0.423. The van der Waals surface area contributed by atoms with E-state index in [-0.39, 0.29) is 43.0 Å². The van der Waals surface area contributed by atoms with Gasteiger partial charge in [0.2, 0.25) is 0 Å². The first-order valence-corrected chi connectivity index (χ1v) is 11.5. The van der Waals surface area contributed by atoms with Crippen molar-refractivity contribution < 1.29 is 38.4 Å². The molecule has 2 aromatic carbocycles. The van der Waals surface area contributed by atoms with Crippen LogP contribution in [0.1, 0.15) is 49.2 Å². The van der Waals surface area contributed by atoms with E-state index >= 15 is 0 Å². The second-order valence-electron chi connectivity index (χ2n) is 7.64. The topological polar surface area (TPSA) is 120 Å². The molecule has 0 heterocycles. The van der Waals surface area contributed by atoms with E-state index in [1.807, 2.05) is 37.3 Å². The second kappa shape index (κ2) is 14.1. The third kappa shape index (κ3) is 8.08. The summed E-state index contributed by atoms with van der Waals surface area (Å²) in [6.07, 6.45) is -2.13. The Hall–Kier alpha value is -3.43. The Morgan fingerprint density at radius 1 is 0.943 bits per heavy atom. The molecule has 0 radical (unpaired) electrons. The predicted molar refractivity (Wildman–Crippen MR) is 128 cm³/mol. The van der Waals surface area contributed by atoms with Crippen molar-refractivity contribution in [1.82, 2.24) is 5.32 Å². The normalized spacial score (nSPS) is 12.5. The van der Waals surface area contributed by atoms with E-state index in [4.69, 9.17) is 18.9 Å². The van der Waals surface area contributed by atoms with Crippen LogP contribution in [0.4, 0.5) is 0 Å². The van der Waals surface area contributed by atoms with Crippen LogP contribution in [-0.4, -0.2) is 61.8 Å². The molecule has 190 valence electrons. The number of rotatable bonds is 14. The second-order valence-corrected chi connectivity index (χ2v) is 7.64. The van der Waals surface area contributed by atoms with Gasteiger partial charge in [-0.1, -0.05) is 30.3 Å². The molecule has 35 heavy (non-hydrogen) atoms. The number of nitrogens with one attached hydrogen (secondary N) is 1. The average Bonchev–Trinajstić information content (AvgIpc) is 2.87. The van der Waals surface area contributed by atoms with Crippen LogP contribution in [0.2, 0.25) is 0 Å². The molecule has 0 amide bonds. The molecule has 2 rings (SSSR count). The number of aliphatic hydroxyl groups is 1. The molecule has 0 saturated heterocycles. The number of Topliss-reactive ketones (excluding diaryl/α,β-unsaturated/α-hetero) is 1. The quantitative estimate of drug-likeness (QED) is 0.235. The Bertz CT molecular complexity index is 961. The molecule has 2 aromatic rings. The Morgan fingerprint density at radius 2 is 1.57 bits per heavy atom. The average molecular weight is 488 g/mol. The summed E-state index contributed by atoms with van der Waals surface area (Å²) in [6, 6.07) is 13.5. The Balaban J connectivity index is 2.02. The molecular formula is C26H33NO8. The van der Waals surface area contributed by atoms with Crippen LogP contribution in [0.15, 0.2) is 48.5 Å². The Kier molecular flexibility index (Phi) is 11.2. The zero-order chi connectivity index (χ0) is 25.8. The van der Waals surface area contributed by atoms with Crippen LogP contribution in [0, 0.1) is 0 Å². The van der Waals surface area contributed by atoms with Gasteiger partial charge >= 0.3 is 11.9 Å². The molecule has 0 aliphatic carbocycles. The predicted octanol–water partition coefficient (Wildman–Crippen LogP) is 2.85. The molecule has 0 saturated carbocycles. The van der Waals surface area contributed by atoms with Crippen molar-refractivity contribution in [2.75, 3.05) is 26.9 Å².